The number of allylic oxidation sites excluding steroid dienone is 1. The number of hydrogen-bond donors (Lipinski definition) is 1. The average Bonchev–Trinajstić information content (AvgIpc) is 2.63. The summed E-state index contributed by atoms with van der Waals surface area (Å²) in [6.45, 7) is 12.2. The molecule has 1 atom stereocenters. The highest BCUT2D eigenvalue weighted by Crippen LogP contribution is 2.21. The number of nitrogens with zero attached hydrogens (tertiary/aromatic N) is 1. The van der Waals surface area contributed by atoms with Gasteiger partial charge in [-0.2, -0.15) is 0 Å². The quantitative estimate of drug-likeness (QED) is 0.268. The zero-order valence-corrected chi connectivity index (χ0v) is 17.1. The van der Waals surface area contributed by atoms with E-state index in [0.717, 1.165) is 37.3 Å². The van der Waals surface area contributed by atoms with Gasteiger partial charge in [-0.05, 0) is 37.7 Å². The third kappa shape index (κ3) is 8.90. The van der Waals surface area contributed by atoms with Crippen molar-refractivity contribution in [2.45, 2.75) is 79.6 Å². The zero-order valence-electron chi connectivity index (χ0n) is 17.1. The molecule has 1 N–H and O–H groups in total. The molecule has 0 radical (unpaired) electrons. The molecule has 0 bridgehead atoms. The Bertz CT molecular complexity index is 526. The van der Waals surface area contributed by atoms with Gasteiger partial charge in [-0.15, -0.1) is 0 Å². The molecule has 0 aliphatic rings. The molecule has 1 aromatic carbocycles. The summed E-state index contributed by atoms with van der Waals surface area (Å²) in [5.41, 5.74) is 3.64. The van der Waals surface area contributed by atoms with E-state index in [-0.39, 0.29) is 0 Å². The molecule has 0 aromatic heterocycles. The van der Waals surface area contributed by atoms with Crippen LogP contribution in [0.3, 0.4) is 0 Å². The molecule has 1 rings (SSSR count). The third-order valence-corrected chi connectivity index (χ3v) is 4.61. The van der Waals surface area contributed by atoms with Gasteiger partial charge in [-0.3, -0.25) is 0 Å². The molecule has 0 fully saturated rings. The van der Waals surface area contributed by atoms with E-state index in [0.29, 0.717) is 5.92 Å². The SMILES string of the molecule is CCCCC/C(=N/C(=C\CC(C)CC)c1ccc(C)cc1)NCCC. The molecule has 0 saturated carbocycles. The Balaban J connectivity index is 3.05. The first-order chi connectivity index (χ1) is 12.1. The second-order valence-electron chi connectivity index (χ2n) is 7.15. The predicted octanol–water partition coefficient (Wildman–Crippen LogP) is 6.75. The molecule has 0 heterocycles. The topological polar surface area (TPSA) is 24.4 Å². The molecular weight excluding hydrogens is 304 g/mol. The Morgan fingerprint density at radius 1 is 1.08 bits per heavy atom. The maximum absolute atomic E-state index is 5.06. The van der Waals surface area contributed by atoms with Crippen molar-refractivity contribution in [3.63, 3.8) is 0 Å². The standard InChI is InChI=1S/C23H38N2/c1-6-9-10-11-23(24-18-7-2)25-22(17-14-19(4)8-3)21-15-12-20(5)13-16-21/h12-13,15-17,19H,6-11,14,18H2,1-5H3,(H,24,25)/b22-17-. The van der Waals surface area contributed by atoms with Crippen LogP contribution in [-0.2, 0) is 0 Å². The fourth-order valence-corrected chi connectivity index (χ4v) is 2.57. The summed E-state index contributed by atoms with van der Waals surface area (Å²) in [5, 5.41) is 3.55. The van der Waals surface area contributed by atoms with Crippen molar-refractivity contribution in [2.75, 3.05) is 6.54 Å². The summed E-state index contributed by atoms with van der Waals surface area (Å²) >= 11 is 0. The first-order valence-electron chi connectivity index (χ1n) is 10.2. The van der Waals surface area contributed by atoms with Crippen LogP contribution in [-0.4, -0.2) is 12.4 Å². The van der Waals surface area contributed by atoms with Crippen LogP contribution in [0, 0.1) is 12.8 Å². The van der Waals surface area contributed by atoms with Crippen LogP contribution in [0.15, 0.2) is 35.3 Å². The third-order valence-electron chi connectivity index (χ3n) is 4.61. The van der Waals surface area contributed by atoms with Gasteiger partial charge in [-0.1, -0.05) is 82.9 Å². The van der Waals surface area contributed by atoms with E-state index in [1.807, 2.05) is 0 Å². The van der Waals surface area contributed by atoms with Crippen LogP contribution in [0.1, 0.15) is 83.8 Å². The first-order valence-corrected chi connectivity index (χ1v) is 10.2. The highest BCUT2D eigenvalue weighted by atomic mass is 15.0. The Morgan fingerprint density at radius 2 is 1.80 bits per heavy atom. The fraction of sp³-hybridized carbons (Fsp3) is 0.609. The normalized spacial score (nSPS) is 13.8. The second kappa shape index (κ2) is 12.7. The van der Waals surface area contributed by atoms with Gasteiger partial charge in [-0.25, -0.2) is 4.99 Å². The van der Waals surface area contributed by atoms with E-state index < -0.39 is 0 Å². The number of aliphatic imine (C=N–C) groups is 1. The fourth-order valence-electron chi connectivity index (χ4n) is 2.57. The van der Waals surface area contributed by atoms with Gasteiger partial charge in [0.2, 0.25) is 0 Å². The van der Waals surface area contributed by atoms with Gasteiger partial charge in [0.25, 0.3) is 0 Å². The lowest BCUT2D eigenvalue weighted by molar-refractivity contribution is 0.572. The average molecular weight is 343 g/mol. The predicted molar refractivity (Wildman–Crippen MR) is 113 cm³/mol. The van der Waals surface area contributed by atoms with E-state index in [2.05, 4.69) is 70.3 Å². The van der Waals surface area contributed by atoms with Gasteiger partial charge >= 0.3 is 0 Å². The molecule has 1 aromatic rings. The Hall–Kier alpha value is -1.57. The number of rotatable bonds is 11. The Labute approximate surface area is 155 Å². The maximum Gasteiger partial charge on any atom is 0.102 e. The lowest BCUT2D eigenvalue weighted by Gasteiger charge is -2.12. The molecule has 0 aliphatic carbocycles. The van der Waals surface area contributed by atoms with Gasteiger partial charge in [0.05, 0.1) is 5.70 Å². The molecule has 0 saturated heterocycles. The van der Waals surface area contributed by atoms with Crippen molar-refractivity contribution in [3.8, 4) is 0 Å². The van der Waals surface area contributed by atoms with Crippen molar-refractivity contribution in [2.24, 2.45) is 10.9 Å². The second-order valence-corrected chi connectivity index (χ2v) is 7.15. The number of benzene rings is 1. The smallest absolute Gasteiger partial charge is 0.102 e. The molecule has 140 valence electrons. The number of aryl methyl sites for hydroxylation is 1. The van der Waals surface area contributed by atoms with Crippen molar-refractivity contribution in [1.82, 2.24) is 5.32 Å². The molecule has 0 amide bonds. The molecule has 2 heteroatoms. The first kappa shape index (κ1) is 21.5. The van der Waals surface area contributed by atoms with Crippen LogP contribution in [0.4, 0.5) is 0 Å². The van der Waals surface area contributed by atoms with Crippen molar-refractivity contribution >= 4 is 11.5 Å². The summed E-state index contributed by atoms with van der Waals surface area (Å²) < 4.78 is 0. The van der Waals surface area contributed by atoms with Crippen LogP contribution in [0.5, 0.6) is 0 Å². The minimum absolute atomic E-state index is 0.697. The van der Waals surface area contributed by atoms with Crippen LogP contribution in [0.25, 0.3) is 5.70 Å². The molecule has 0 aliphatic heterocycles. The summed E-state index contributed by atoms with van der Waals surface area (Å²) in [6.07, 6.45) is 10.5. The van der Waals surface area contributed by atoms with Gasteiger partial charge < -0.3 is 5.32 Å². The minimum Gasteiger partial charge on any atom is -0.374 e. The largest absolute Gasteiger partial charge is 0.374 e. The van der Waals surface area contributed by atoms with E-state index >= 15 is 0 Å². The number of unbranched alkanes of at least 4 members (excludes halogenated alkanes) is 2. The van der Waals surface area contributed by atoms with Gasteiger partial charge in [0.1, 0.15) is 5.84 Å². The Morgan fingerprint density at radius 3 is 2.40 bits per heavy atom. The van der Waals surface area contributed by atoms with Gasteiger partial charge in [0, 0.05) is 13.0 Å². The maximum atomic E-state index is 5.06. The summed E-state index contributed by atoms with van der Waals surface area (Å²) in [5.74, 6) is 1.84. The van der Waals surface area contributed by atoms with Crippen molar-refractivity contribution in [3.05, 3.63) is 41.5 Å². The van der Waals surface area contributed by atoms with E-state index in [4.69, 9.17) is 4.99 Å². The van der Waals surface area contributed by atoms with Crippen molar-refractivity contribution < 1.29 is 0 Å². The highest BCUT2D eigenvalue weighted by molar-refractivity contribution is 5.88. The minimum atomic E-state index is 0.697. The molecule has 25 heavy (non-hydrogen) atoms. The van der Waals surface area contributed by atoms with E-state index in [1.54, 1.807) is 0 Å². The van der Waals surface area contributed by atoms with Crippen LogP contribution >= 0.6 is 0 Å². The lowest BCUT2D eigenvalue weighted by atomic mass is 10.0. The van der Waals surface area contributed by atoms with E-state index in [9.17, 15) is 0 Å². The number of amidine groups is 1. The highest BCUT2D eigenvalue weighted by Gasteiger charge is 2.06. The molecule has 1 unspecified atom stereocenters. The molecular formula is C23H38N2. The van der Waals surface area contributed by atoms with Gasteiger partial charge in [0.15, 0.2) is 0 Å². The van der Waals surface area contributed by atoms with Crippen LogP contribution < -0.4 is 5.32 Å². The van der Waals surface area contributed by atoms with E-state index in [1.165, 1.54) is 36.8 Å². The lowest BCUT2D eigenvalue weighted by Crippen LogP contribution is -2.24. The molecule has 2 nitrogen and oxygen atoms in total. The Kier molecular flexibility index (Phi) is 10.9. The number of hydrogen-bond acceptors (Lipinski definition) is 1. The summed E-state index contributed by atoms with van der Waals surface area (Å²) in [7, 11) is 0. The monoisotopic (exact) mass is 342 g/mol. The zero-order chi connectivity index (χ0) is 18.5. The van der Waals surface area contributed by atoms with Crippen molar-refractivity contribution in [1.29, 1.82) is 0 Å². The number of nitrogens with one attached hydrogen (secondary N) is 1. The summed E-state index contributed by atoms with van der Waals surface area (Å²) in [4.78, 5) is 5.06. The molecule has 0 spiro atoms. The summed E-state index contributed by atoms with van der Waals surface area (Å²) in [6, 6.07) is 8.76. The van der Waals surface area contributed by atoms with Crippen LogP contribution in [0.2, 0.25) is 0 Å².